The second-order valence-electron chi connectivity index (χ2n) is 5.06. The molecule has 0 aliphatic carbocycles. The van der Waals surface area contributed by atoms with Crippen LogP contribution in [0.15, 0.2) is 36.4 Å². The molecule has 108 valence electrons. The highest BCUT2D eigenvalue weighted by Crippen LogP contribution is 2.23. The molecule has 0 bridgehead atoms. The van der Waals surface area contributed by atoms with Crippen molar-refractivity contribution in [3.8, 4) is 0 Å². The van der Waals surface area contributed by atoms with Gasteiger partial charge in [-0.05, 0) is 36.6 Å². The summed E-state index contributed by atoms with van der Waals surface area (Å²) in [5.74, 6) is -0.882. The molecule has 0 fully saturated rings. The molecule has 5 heteroatoms. The standard InChI is InChI=1S/C16H15NO3S/c18-15-13-6-2-1-4-11(13)5-3-9-17(15)10-12-7-8-14(21-12)16(19)20/h1-2,4,6-8H,3,5,9-10H2,(H,19,20). The number of aryl methyl sites for hydroxylation is 1. The first-order chi connectivity index (χ1) is 10.1. The van der Waals surface area contributed by atoms with E-state index in [-0.39, 0.29) is 5.91 Å². The summed E-state index contributed by atoms with van der Waals surface area (Å²) in [6, 6.07) is 11.1. The van der Waals surface area contributed by atoms with Crippen LogP contribution in [-0.2, 0) is 13.0 Å². The molecule has 1 aromatic heterocycles. The molecule has 0 saturated heterocycles. The van der Waals surface area contributed by atoms with Crippen LogP contribution in [0.1, 0.15) is 36.9 Å². The monoisotopic (exact) mass is 301 g/mol. The SMILES string of the molecule is O=C(O)c1ccc(CN2CCCc3ccccc3C2=O)s1. The van der Waals surface area contributed by atoms with Crippen LogP contribution in [0.25, 0.3) is 0 Å². The molecule has 0 spiro atoms. The van der Waals surface area contributed by atoms with E-state index in [0.29, 0.717) is 18.0 Å². The van der Waals surface area contributed by atoms with Crippen LogP contribution in [0, 0.1) is 0 Å². The number of carboxylic acid groups (broad SMARTS) is 1. The molecule has 1 aliphatic heterocycles. The van der Waals surface area contributed by atoms with Crippen LogP contribution in [0.4, 0.5) is 0 Å². The van der Waals surface area contributed by atoms with Gasteiger partial charge in [0.05, 0.1) is 6.54 Å². The van der Waals surface area contributed by atoms with E-state index in [1.54, 1.807) is 12.1 Å². The number of rotatable bonds is 3. The summed E-state index contributed by atoms with van der Waals surface area (Å²) in [7, 11) is 0. The fourth-order valence-corrected chi connectivity index (χ4v) is 3.46. The van der Waals surface area contributed by atoms with Crippen molar-refractivity contribution >= 4 is 23.2 Å². The second-order valence-corrected chi connectivity index (χ2v) is 6.23. The Hall–Kier alpha value is -2.14. The zero-order chi connectivity index (χ0) is 14.8. The van der Waals surface area contributed by atoms with E-state index in [0.717, 1.165) is 28.8 Å². The molecule has 0 atom stereocenters. The van der Waals surface area contributed by atoms with Crippen molar-refractivity contribution in [1.82, 2.24) is 4.90 Å². The summed E-state index contributed by atoms with van der Waals surface area (Å²) in [6.07, 6.45) is 1.84. The van der Waals surface area contributed by atoms with Crippen LogP contribution in [0.2, 0.25) is 0 Å². The van der Waals surface area contributed by atoms with Crippen molar-refractivity contribution in [2.45, 2.75) is 19.4 Å². The Morgan fingerprint density at radius 3 is 2.81 bits per heavy atom. The molecule has 21 heavy (non-hydrogen) atoms. The highest BCUT2D eigenvalue weighted by molar-refractivity contribution is 7.13. The number of thiophene rings is 1. The molecule has 0 radical (unpaired) electrons. The van der Waals surface area contributed by atoms with Gasteiger partial charge in [0.1, 0.15) is 4.88 Å². The third-order valence-electron chi connectivity index (χ3n) is 3.63. The minimum Gasteiger partial charge on any atom is -0.477 e. The molecule has 0 saturated carbocycles. The maximum absolute atomic E-state index is 12.6. The van der Waals surface area contributed by atoms with Crippen LogP contribution < -0.4 is 0 Å². The first-order valence-corrected chi connectivity index (χ1v) is 7.66. The summed E-state index contributed by atoms with van der Waals surface area (Å²) in [5.41, 5.74) is 1.87. The van der Waals surface area contributed by atoms with E-state index < -0.39 is 5.97 Å². The lowest BCUT2D eigenvalue weighted by atomic mass is 10.0. The quantitative estimate of drug-likeness (QED) is 0.948. The normalized spacial score (nSPS) is 14.7. The van der Waals surface area contributed by atoms with Gasteiger partial charge in [-0.15, -0.1) is 11.3 Å². The average Bonchev–Trinajstić information content (AvgIpc) is 2.89. The van der Waals surface area contributed by atoms with Crippen molar-refractivity contribution in [3.63, 3.8) is 0 Å². The van der Waals surface area contributed by atoms with Crippen molar-refractivity contribution in [3.05, 3.63) is 57.3 Å². The van der Waals surface area contributed by atoms with Gasteiger partial charge in [-0.1, -0.05) is 18.2 Å². The van der Waals surface area contributed by atoms with E-state index in [1.807, 2.05) is 29.2 Å². The van der Waals surface area contributed by atoms with Gasteiger partial charge < -0.3 is 10.0 Å². The van der Waals surface area contributed by atoms with E-state index >= 15 is 0 Å². The maximum atomic E-state index is 12.6. The number of benzene rings is 1. The molecular formula is C16H15NO3S. The predicted molar refractivity (Wildman–Crippen MR) is 80.8 cm³/mol. The summed E-state index contributed by atoms with van der Waals surface area (Å²) >= 11 is 1.23. The molecule has 0 unspecified atom stereocenters. The largest absolute Gasteiger partial charge is 0.477 e. The maximum Gasteiger partial charge on any atom is 0.345 e. The number of aromatic carboxylic acids is 1. The van der Waals surface area contributed by atoms with Gasteiger partial charge in [-0.25, -0.2) is 4.79 Å². The minimum absolute atomic E-state index is 0.0355. The summed E-state index contributed by atoms with van der Waals surface area (Å²) in [5, 5.41) is 8.96. The third kappa shape index (κ3) is 2.83. The Balaban J connectivity index is 1.82. The van der Waals surface area contributed by atoms with Gasteiger partial charge in [0, 0.05) is 17.0 Å². The molecule has 2 aromatic rings. The third-order valence-corrected chi connectivity index (χ3v) is 4.69. The van der Waals surface area contributed by atoms with Crippen LogP contribution in [0.5, 0.6) is 0 Å². The smallest absolute Gasteiger partial charge is 0.345 e. The summed E-state index contributed by atoms with van der Waals surface area (Å²) in [4.78, 5) is 26.5. The first-order valence-electron chi connectivity index (χ1n) is 6.84. The molecular weight excluding hydrogens is 286 g/mol. The zero-order valence-corrected chi connectivity index (χ0v) is 12.2. The number of hydrogen-bond acceptors (Lipinski definition) is 3. The minimum atomic E-state index is -0.918. The Morgan fingerprint density at radius 2 is 2.05 bits per heavy atom. The van der Waals surface area contributed by atoms with E-state index in [4.69, 9.17) is 5.11 Å². The zero-order valence-electron chi connectivity index (χ0n) is 11.4. The molecule has 1 aromatic carbocycles. The van der Waals surface area contributed by atoms with Crippen LogP contribution >= 0.6 is 11.3 Å². The van der Waals surface area contributed by atoms with Gasteiger partial charge in [-0.2, -0.15) is 0 Å². The predicted octanol–water partition coefficient (Wildman–Crippen LogP) is 3.03. The van der Waals surface area contributed by atoms with Crippen molar-refractivity contribution in [1.29, 1.82) is 0 Å². The lowest BCUT2D eigenvalue weighted by Crippen LogP contribution is -2.30. The fraction of sp³-hybridized carbons (Fsp3) is 0.250. The number of nitrogens with zero attached hydrogens (tertiary/aromatic N) is 1. The molecule has 1 amide bonds. The highest BCUT2D eigenvalue weighted by atomic mass is 32.1. The Morgan fingerprint density at radius 1 is 1.24 bits per heavy atom. The van der Waals surface area contributed by atoms with Gasteiger partial charge in [0.25, 0.3) is 5.91 Å². The van der Waals surface area contributed by atoms with Crippen molar-refractivity contribution in [2.75, 3.05) is 6.54 Å². The van der Waals surface area contributed by atoms with E-state index in [1.165, 1.54) is 11.3 Å². The van der Waals surface area contributed by atoms with E-state index in [9.17, 15) is 9.59 Å². The van der Waals surface area contributed by atoms with Crippen LogP contribution in [0.3, 0.4) is 0 Å². The number of amides is 1. The highest BCUT2D eigenvalue weighted by Gasteiger charge is 2.22. The lowest BCUT2D eigenvalue weighted by Gasteiger charge is -2.20. The van der Waals surface area contributed by atoms with Gasteiger partial charge in [0.2, 0.25) is 0 Å². The summed E-state index contributed by atoms with van der Waals surface area (Å²) < 4.78 is 0. The summed E-state index contributed by atoms with van der Waals surface area (Å²) in [6.45, 7) is 1.18. The lowest BCUT2D eigenvalue weighted by molar-refractivity contribution is 0.0701. The topological polar surface area (TPSA) is 57.6 Å². The molecule has 1 aliphatic rings. The molecule has 2 heterocycles. The van der Waals surface area contributed by atoms with Crippen LogP contribution in [-0.4, -0.2) is 28.4 Å². The average molecular weight is 301 g/mol. The van der Waals surface area contributed by atoms with Gasteiger partial charge in [-0.3, -0.25) is 4.79 Å². The molecule has 4 nitrogen and oxygen atoms in total. The second kappa shape index (κ2) is 5.69. The van der Waals surface area contributed by atoms with Gasteiger partial charge in [0.15, 0.2) is 0 Å². The van der Waals surface area contributed by atoms with E-state index in [2.05, 4.69) is 0 Å². The first kappa shape index (κ1) is 13.8. The Kier molecular flexibility index (Phi) is 3.75. The fourth-order valence-electron chi connectivity index (χ4n) is 2.60. The molecule has 3 rings (SSSR count). The van der Waals surface area contributed by atoms with Crippen molar-refractivity contribution < 1.29 is 14.7 Å². The van der Waals surface area contributed by atoms with Crippen molar-refractivity contribution in [2.24, 2.45) is 0 Å². The Labute approximate surface area is 126 Å². The molecule has 1 N–H and O–H groups in total. The van der Waals surface area contributed by atoms with Gasteiger partial charge >= 0.3 is 5.97 Å². The number of fused-ring (bicyclic) bond motifs is 1. The number of carbonyl (C=O) groups is 2. The Bertz CT molecular complexity index is 692. The number of hydrogen-bond donors (Lipinski definition) is 1. The number of carbonyl (C=O) groups excluding carboxylic acids is 1. The number of carboxylic acids is 1.